The number of rotatable bonds is 8. The van der Waals surface area contributed by atoms with Gasteiger partial charge in [0.1, 0.15) is 5.37 Å². The minimum Gasteiger partial charge on any atom is -0.330 e. The molecule has 1 aliphatic heterocycles. The number of carbonyl (C=O) groups excluding carboxylic acids is 2. The van der Waals surface area contributed by atoms with Gasteiger partial charge in [-0.05, 0) is 46.5 Å². The van der Waals surface area contributed by atoms with Crippen LogP contribution in [0.3, 0.4) is 0 Å². The lowest BCUT2D eigenvalue weighted by Crippen LogP contribution is -2.30. The molecule has 0 unspecified atom stereocenters. The number of carbonyl (C=O) groups is 2. The van der Waals surface area contributed by atoms with Crippen LogP contribution in [0.4, 0.5) is 0 Å². The fourth-order valence-corrected chi connectivity index (χ4v) is 5.78. The highest BCUT2D eigenvalue weighted by Gasteiger charge is 2.33. The average molecular weight is 527 g/mol. The molecule has 37 heavy (non-hydrogen) atoms. The van der Waals surface area contributed by atoms with Crippen LogP contribution in [0.15, 0.2) is 109 Å². The van der Waals surface area contributed by atoms with Crippen LogP contribution in [0.25, 0.3) is 0 Å². The fourth-order valence-electron chi connectivity index (χ4n) is 4.47. The number of nitrogens with zero attached hydrogens (tertiary/aromatic N) is 2. The summed E-state index contributed by atoms with van der Waals surface area (Å²) in [4.78, 5) is 30.0. The molecule has 4 nitrogen and oxygen atoms in total. The standard InChI is InChI=1S/C31H27ClN2O2S/c32-28-17-11-25(12-18-28)21-34-29(35)22-37-31(34)27-15-13-26(14-16-27)30(36)33(19-23-7-3-1-4-8-23)20-24-9-5-2-6-10-24/h1-18,31H,19-22H2/t31-/m0/s1. The molecule has 0 N–H and O–H groups in total. The minimum absolute atomic E-state index is 0.0209. The van der Waals surface area contributed by atoms with Gasteiger partial charge in [-0.1, -0.05) is 96.5 Å². The summed E-state index contributed by atoms with van der Waals surface area (Å²) in [5.41, 5.74) is 4.85. The van der Waals surface area contributed by atoms with Gasteiger partial charge in [-0.15, -0.1) is 11.8 Å². The van der Waals surface area contributed by atoms with Gasteiger partial charge in [0.15, 0.2) is 0 Å². The summed E-state index contributed by atoms with van der Waals surface area (Å²) < 4.78 is 0. The van der Waals surface area contributed by atoms with Crippen LogP contribution >= 0.6 is 23.4 Å². The second-order valence-electron chi connectivity index (χ2n) is 9.07. The molecular formula is C31H27ClN2O2S. The summed E-state index contributed by atoms with van der Waals surface area (Å²) in [7, 11) is 0. The molecule has 0 spiro atoms. The summed E-state index contributed by atoms with van der Waals surface area (Å²) >= 11 is 7.63. The normalized spacial score (nSPS) is 15.1. The molecule has 1 aliphatic rings. The zero-order valence-electron chi connectivity index (χ0n) is 20.3. The van der Waals surface area contributed by atoms with E-state index in [9.17, 15) is 9.59 Å². The molecule has 4 aromatic rings. The minimum atomic E-state index is -0.0860. The Morgan fingerprint density at radius 1 is 0.784 bits per heavy atom. The quantitative estimate of drug-likeness (QED) is 0.249. The molecule has 5 rings (SSSR count). The van der Waals surface area contributed by atoms with Gasteiger partial charge >= 0.3 is 0 Å². The van der Waals surface area contributed by atoms with Gasteiger partial charge in [-0.3, -0.25) is 9.59 Å². The van der Waals surface area contributed by atoms with Crippen molar-refractivity contribution < 1.29 is 9.59 Å². The maximum Gasteiger partial charge on any atom is 0.254 e. The molecule has 6 heteroatoms. The van der Waals surface area contributed by atoms with Crippen molar-refractivity contribution in [1.82, 2.24) is 9.80 Å². The second kappa shape index (κ2) is 11.7. The van der Waals surface area contributed by atoms with Crippen molar-refractivity contribution in [3.05, 3.63) is 142 Å². The molecule has 1 atom stereocenters. The van der Waals surface area contributed by atoms with Crippen LogP contribution < -0.4 is 0 Å². The van der Waals surface area contributed by atoms with E-state index in [1.807, 2.05) is 119 Å². The average Bonchev–Trinajstić information content (AvgIpc) is 3.30. The van der Waals surface area contributed by atoms with Crippen LogP contribution in [0.1, 0.15) is 38.0 Å². The Morgan fingerprint density at radius 2 is 1.35 bits per heavy atom. The highest BCUT2D eigenvalue weighted by atomic mass is 35.5. The fraction of sp³-hybridized carbons (Fsp3) is 0.161. The zero-order chi connectivity index (χ0) is 25.6. The third kappa shape index (κ3) is 6.24. The van der Waals surface area contributed by atoms with E-state index >= 15 is 0 Å². The van der Waals surface area contributed by atoms with Crippen LogP contribution in [-0.4, -0.2) is 27.4 Å². The zero-order valence-corrected chi connectivity index (χ0v) is 21.9. The number of amides is 2. The van der Waals surface area contributed by atoms with Crippen molar-refractivity contribution in [2.75, 3.05) is 5.75 Å². The summed E-state index contributed by atoms with van der Waals surface area (Å²) in [5, 5.41) is 0.591. The van der Waals surface area contributed by atoms with Crippen LogP contribution in [-0.2, 0) is 24.4 Å². The first-order valence-corrected chi connectivity index (χ1v) is 13.6. The first kappa shape index (κ1) is 25.1. The molecule has 1 fully saturated rings. The number of halogens is 1. The van der Waals surface area contributed by atoms with Gasteiger partial charge in [0.05, 0.1) is 5.75 Å². The van der Waals surface area contributed by atoms with Gasteiger partial charge in [0.25, 0.3) is 5.91 Å². The third-order valence-corrected chi connectivity index (χ3v) is 7.90. The van der Waals surface area contributed by atoms with Crippen molar-refractivity contribution in [1.29, 1.82) is 0 Å². The Labute approximate surface area is 226 Å². The lowest BCUT2D eigenvalue weighted by atomic mass is 10.1. The summed E-state index contributed by atoms with van der Waals surface area (Å²) in [6.07, 6.45) is 0. The van der Waals surface area contributed by atoms with Crippen molar-refractivity contribution in [3.8, 4) is 0 Å². The van der Waals surface area contributed by atoms with E-state index in [-0.39, 0.29) is 17.2 Å². The summed E-state index contributed by atoms with van der Waals surface area (Å²) in [5.74, 6) is 0.537. The molecule has 186 valence electrons. The maximum atomic E-state index is 13.6. The molecule has 4 aromatic carbocycles. The highest BCUT2D eigenvalue weighted by molar-refractivity contribution is 8.00. The molecule has 0 radical (unpaired) electrons. The van der Waals surface area contributed by atoms with Crippen LogP contribution in [0.5, 0.6) is 0 Å². The summed E-state index contributed by atoms with van der Waals surface area (Å²) in [6.45, 7) is 1.58. The van der Waals surface area contributed by atoms with E-state index in [4.69, 9.17) is 11.6 Å². The number of thioether (sulfide) groups is 1. The first-order valence-electron chi connectivity index (χ1n) is 12.2. The van der Waals surface area contributed by atoms with E-state index in [1.54, 1.807) is 11.8 Å². The lowest BCUT2D eigenvalue weighted by Gasteiger charge is -2.25. The Hall–Kier alpha value is -3.54. The van der Waals surface area contributed by atoms with Crippen LogP contribution in [0.2, 0.25) is 5.02 Å². The predicted molar refractivity (Wildman–Crippen MR) is 150 cm³/mol. The highest BCUT2D eigenvalue weighted by Crippen LogP contribution is 2.39. The monoisotopic (exact) mass is 526 g/mol. The van der Waals surface area contributed by atoms with Crippen LogP contribution in [0, 0.1) is 0 Å². The Balaban J connectivity index is 1.34. The molecule has 1 heterocycles. The van der Waals surface area contributed by atoms with Gasteiger partial charge in [0.2, 0.25) is 5.91 Å². The molecule has 0 aliphatic carbocycles. The van der Waals surface area contributed by atoms with E-state index < -0.39 is 0 Å². The number of hydrogen-bond acceptors (Lipinski definition) is 3. The summed E-state index contributed by atoms with van der Waals surface area (Å²) in [6, 6.07) is 35.4. The molecule has 0 saturated carbocycles. The third-order valence-electron chi connectivity index (χ3n) is 6.40. The molecule has 0 bridgehead atoms. The number of benzene rings is 4. The Bertz CT molecular complexity index is 1300. The smallest absolute Gasteiger partial charge is 0.254 e. The van der Waals surface area contributed by atoms with Crippen molar-refractivity contribution in [2.45, 2.75) is 25.0 Å². The first-order chi connectivity index (χ1) is 18.1. The number of hydrogen-bond donors (Lipinski definition) is 0. The van der Waals surface area contributed by atoms with Crippen molar-refractivity contribution in [2.24, 2.45) is 0 Å². The van der Waals surface area contributed by atoms with Crippen molar-refractivity contribution in [3.63, 3.8) is 0 Å². The van der Waals surface area contributed by atoms with Gasteiger partial charge in [-0.25, -0.2) is 0 Å². The molecular weight excluding hydrogens is 500 g/mol. The molecule has 1 saturated heterocycles. The van der Waals surface area contributed by atoms with Gasteiger partial charge in [-0.2, -0.15) is 0 Å². The largest absolute Gasteiger partial charge is 0.330 e. The SMILES string of the molecule is O=C(c1ccc([C@@H]2SCC(=O)N2Cc2ccc(Cl)cc2)cc1)N(Cc1ccccc1)Cc1ccccc1. The van der Waals surface area contributed by atoms with E-state index in [2.05, 4.69) is 0 Å². The topological polar surface area (TPSA) is 40.6 Å². The van der Waals surface area contributed by atoms with E-state index in [1.165, 1.54) is 0 Å². The predicted octanol–water partition coefficient (Wildman–Crippen LogP) is 6.96. The van der Waals surface area contributed by atoms with Gasteiger partial charge in [0, 0.05) is 30.2 Å². The lowest BCUT2D eigenvalue weighted by molar-refractivity contribution is -0.128. The maximum absolute atomic E-state index is 13.6. The van der Waals surface area contributed by atoms with Gasteiger partial charge < -0.3 is 9.80 Å². The second-order valence-corrected chi connectivity index (χ2v) is 10.6. The Kier molecular flexibility index (Phi) is 7.93. The van der Waals surface area contributed by atoms with Crippen molar-refractivity contribution >= 4 is 35.2 Å². The Morgan fingerprint density at radius 3 is 1.92 bits per heavy atom. The van der Waals surface area contributed by atoms with E-state index in [0.29, 0.717) is 36.0 Å². The van der Waals surface area contributed by atoms with E-state index in [0.717, 1.165) is 22.3 Å². The molecule has 0 aromatic heterocycles. The molecule has 2 amide bonds.